The smallest absolute Gasteiger partial charge is 0.222 e. The quantitative estimate of drug-likeness (QED) is 0.746. The van der Waals surface area contributed by atoms with Gasteiger partial charge in [0.25, 0.3) is 0 Å². The van der Waals surface area contributed by atoms with Gasteiger partial charge in [-0.3, -0.25) is 9.59 Å². The van der Waals surface area contributed by atoms with Crippen LogP contribution in [0, 0.1) is 11.8 Å². The highest BCUT2D eigenvalue weighted by Crippen LogP contribution is 1.91. The Labute approximate surface area is 92.6 Å². The Morgan fingerprint density at radius 2 is 1.27 bits per heavy atom. The molecule has 0 aliphatic rings. The maximum atomic E-state index is 10.8. The highest BCUT2D eigenvalue weighted by Gasteiger charge is 2.06. The molecule has 4 nitrogen and oxygen atoms in total. The summed E-state index contributed by atoms with van der Waals surface area (Å²) in [6.07, 6.45) is 0. The molecule has 0 aromatic heterocycles. The Morgan fingerprint density at radius 3 is 1.33 bits per heavy atom. The number of nitrogens with two attached hydrogens (primary N) is 1. The van der Waals surface area contributed by atoms with Crippen LogP contribution >= 0.6 is 0 Å². The predicted octanol–water partition coefficient (Wildman–Crippen LogP) is 1.29. The van der Waals surface area contributed by atoms with Crippen LogP contribution in [0.4, 0.5) is 0 Å². The van der Waals surface area contributed by atoms with E-state index in [4.69, 9.17) is 5.73 Å². The van der Waals surface area contributed by atoms with E-state index in [-0.39, 0.29) is 29.7 Å². The lowest BCUT2D eigenvalue weighted by Crippen LogP contribution is -2.33. The Kier molecular flexibility index (Phi) is 9.02. The SMILES string of the molecule is CC(C)C(N)=O.CC(C)NC(=O)C(C)C. The minimum Gasteiger partial charge on any atom is -0.369 e. The monoisotopic (exact) mass is 216 g/mol. The van der Waals surface area contributed by atoms with E-state index in [1.807, 2.05) is 27.7 Å². The van der Waals surface area contributed by atoms with Gasteiger partial charge in [0.05, 0.1) is 0 Å². The summed E-state index contributed by atoms with van der Waals surface area (Å²) < 4.78 is 0. The molecule has 0 aliphatic heterocycles. The fourth-order valence-corrected chi connectivity index (χ4v) is 0.451. The van der Waals surface area contributed by atoms with Crippen LogP contribution in [0.25, 0.3) is 0 Å². The average molecular weight is 216 g/mol. The van der Waals surface area contributed by atoms with Gasteiger partial charge in [-0.15, -0.1) is 0 Å². The highest BCUT2D eigenvalue weighted by atomic mass is 16.2. The van der Waals surface area contributed by atoms with Gasteiger partial charge < -0.3 is 11.1 Å². The van der Waals surface area contributed by atoms with Crippen molar-refractivity contribution in [3.05, 3.63) is 0 Å². The molecule has 90 valence electrons. The standard InChI is InChI=1S/C7H15NO.C4H9NO/c1-5(2)7(9)8-6(3)4;1-3(2)4(5)6/h5-6H,1-4H3,(H,8,9);3H,1-2H3,(H2,5,6). The van der Waals surface area contributed by atoms with Crippen molar-refractivity contribution in [2.45, 2.75) is 47.6 Å². The topological polar surface area (TPSA) is 72.2 Å². The fourth-order valence-electron chi connectivity index (χ4n) is 0.451. The predicted molar refractivity (Wildman–Crippen MR) is 62.1 cm³/mol. The van der Waals surface area contributed by atoms with Crippen LogP contribution in [0.15, 0.2) is 0 Å². The maximum Gasteiger partial charge on any atom is 0.222 e. The van der Waals surface area contributed by atoms with Crippen LogP contribution in [0.2, 0.25) is 0 Å². The summed E-state index contributed by atoms with van der Waals surface area (Å²) in [6.45, 7) is 11.2. The number of rotatable bonds is 3. The summed E-state index contributed by atoms with van der Waals surface area (Å²) in [6, 6.07) is 0.264. The van der Waals surface area contributed by atoms with E-state index in [0.717, 1.165) is 0 Å². The van der Waals surface area contributed by atoms with Crippen LogP contribution in [0.5, 0.6) is 0 Å². The van der Waals surface area contributed by atoms with Crippen molar-refractivity contribution < 1.29 is 9.59 Å². The Bertz CT molecular complexity index is 199. The normalized spacial score (nSPS) is 9.93. The van der Waals surface area contributed by atoms with E-state index in [0.29, 0.717) is 0 Å². The van der Waals surface area contributed by atoms with Crippen LogP contribution in [0.1, 0.15) is 41.5 Å². The highest BCUT2D eigenvalue weighted by molar-refractivity contribution is 5.78. The number of primary amides is 1. The molecule has 15 heavy (non-hydrogen) atoms. The van der Waals surface area contributed by atoms with Crippen molar-refractivity contribution >= 4 is 11.8 Å². The van der Waals surface area contributed by atoms with Crippen LogP contribution in [-0.2, 0) is 9.59 Å². The molecule has 4 heteroatoms. The molecular weight excluding hydrogens is 192 g/mol. The third-order valence-corrected chi connectivity index (χ3v) is 1.52. The number of amides is 2. The number of hydrogen-bond donors (Lipinski definition) is 2. The first kappa shape index (κ1) is 16.4. The average Bonchev–Trinajstić information content (AvgIpc) is 2.03. The third kappa shape index (κ3) is 12.9. The zero-order valence-corrected chi connectivity index (χ0v) is 10.6. The molecule has 0 radical (unpaired) electrons. The lowest BCUT2D eigenvalue weighted by Gasteiger charge is -2.09. The van der Waals surface area contributed by atoms with E-state index in [9.17, 15) is 9.59 Å². The first-order valence-electron chi connectivity index (χ1n) is 5.28. The minimum atomic E-state index is -0.241. The Morgan fingerprint density at radius 1 is 0.933 bits per heavy atom. The van der Waals surface area contributed by atoms with Gasteiger partial charge in [0, 0.05) is 17.9 Å². The van der Waals surface area contributed by atoms with E-state index in [1.165, 1.54) is 0 Å². The summed E-state index contributed by atoms with van der Waals surface area (Å²) in [5, 5.41) is 2.80. The molecule has 0 rings (SSSR count). The second kappa shape index (κ2) is 8.26. The largest absolute Gasteiger partial charge is 0.369 e. The molecule has 0 atom stereocenters. The molecule has 0 saturated carbocycles. The van der Waals surface area contributed by atoms with Crippen molar-refractivity contribution in [2.24, 2.45) is 17.6 Å². The van der Waals surface area contributed by atoms with Gasteiger partial charge in [-0.2, -0.15) is 0 Å². The van der Waals surface area contributed by atoms with Gasteiger partial charge in [-0.25, -0.2) is 0 Å². The first-order valence-corrected chi connectivity index (χ1v) is 5.28. The number of carbonyl (C=O) groups excluding carboxylic acids is 2. The Balaban J connectivity index is 0. The van der Waals surface area contributed by atoms with Gasteiger partial charge >= 0.3 is 0 Å². The molecule has 2 amide bonds. The summed E-state index contributed by atoms with van der Waals surface area (Å²) >= 11 is 0. The number of carbonyl (C=O) groups is 2. The van der Waals surface area contributed by atoms with E-state index < -0.39 is 0 Å². The lowest BCUT2D eigenvalue weighted by molar-refractivity contribution is -0.124. The summed E-state index contributed by atoms with van der Waals surface area (Å²) in [5.41, 5.74) is 4.80. The lowest BCUT2D eigenvalue weighted by atomic mass is 10.2. The molecule has 3 N–H and O–H groups in total. The maximum absolute atomic E-state index is 10.8. The molecule has 0 unspecified atom stereocenters. The third-order valence-electron chi connectivity index (χ3n) is 1.52. The molecule has 0 bridgehead atoms. The minimum absolute atomic E-state index is 0.00926. The van der Waals surface area contributed by atoms with Crippen molar-refractivity contribution in [1.82, 2.24) is 5.32 Å². The second-order valence-electron chi connectivity index (χ2n) is 4.38. The van der Waals surface area contributed by atoms with Gasteiger partial charge in [0.2, 0.25) is 11.8 Å². The second-order valence-corrected chi connectivity index (χ2v) is 4.38. The van der Waals surface area contributed by atoms with Gasteiger partial charge in [0.15, 0.2) is 0 Å². The first-order chi connectivity index (χ1) is 6.68. The zero-order chi connectivity index (χ0) is 12.6. The molecule has 0 spiro atoms. The molecule has 0 fully saturated rings. The van der Waals surface area contributed by atoms with Crippen molar-refractivity contribution in [1.29, 1.82) is 0 Å². The molecule has 0 aromatic rings. The molecule has 0 aromatic carbocycles. The van der Waals surface area contributed by atoms with Gasteiger partial charge in [-0.05, 0) is 13.8 Å². The summed E-state index contributed by atoms with van der Waals surface area (Å²) in [5.74, 6) is -0.0163. The van der Waals surface area contributed by atoms with E-state index >= 15 is 0 Å². The summed E-state index contributed by atoms with van der Waals surface area (Å²) in [4.78, 5) is 20.8. The van der Waals surface area contributed by atoms with Gasteiger partial charge in [-0.1, -0.05) is 27.7 Å². The van der Waals surface area contributed by atoms with Crippen molar-refractivity contribution in [3.63, 3.8) is 0 Å². The van der Waals surface area contributed by atoms with E-state index in [2.05, 4.69) is 5.32 Å². The van der Waals surface area contributed by atoms with Crippen molar-refractivity contribution in [2.75, 3.05) is 0 Å². The van der Waals surface area contributed by atoms with Gasteiger partial charge in [0.1, 0.15) is 0 Å². The molecule has 0 aliphatic carbocycles. The molecule has 0 saturated heterocycles. The molecular formula is C11H24N2O2. The van der Waals surface area contributed by atoms with E-state index in [1.54, 1.807) is 13.8 Å². The summed E-state index contributed by atoms with van der Waals surface area (Å²) in [7, 11) is 0. The molecule has 0 heterocycles. The zero-order valence-electron chi connectivity index (χ0n) is 10.6. The number of hydrogen-bond acceptors (Lipinski definition) is 2. The van der Waals surface area contributed by atoms with Crippen LogP contribution in [0.3, 0.4) is 0 Å². The number of nitrogens with one attached hydrogen (secondary N) is 1. The van der Waals surface area contributed by atoms with Crippen LogP contribution in [-0.4, -0.2) is 17.9 Å². The Hall–Kier alpha value is -1.06. The van der Waals surface area contributed by atoms with Crippen LogP contribution < -0.4 is 11.1 Å². The van der Waals surface area contributed by atoms with Crippen molar-refractivity contribution in [3.8, 4) is 0 Å². The fraction of sp³-hybridized carbons (Fsp3) is 0.818.